The summed E-state index contributed by atoms with van der Waals surface area (Å²) in [6.07, 6.45) is 1.26. The Morgan fingerprint density at radius 3 is 2.84 bits per heavy atom. The van der Waals surface area contributed by atoms with E-state index in [-0.39, 0.29) is 12.4 Å². The normalized spacial score (nSPS) is 12.8. The van der Waals surface area contributed by atoms with Crippen molar-refractivity contribution in [3.8, 4) is 17.2 Å². The van der Waals surface area contributed by atoms with Crippen molar-refractivity contribution in [2.24, 2.45) is 0 Å². The molecule has 32 heavy (non-hydrogen) atoms. The highest BCUT2D eigenvalue weighted by Crippen LogP contribution is 2.34. The predicted molar refractivity (Wildman–Crippen MR) is 120 cm³/mol. The molecule has 1 aliphatic heterocycles. The molecule has 0 radical (unpaired) electrons. The quantitative estimate of drug-likeness (QED) is 0.369. The van der Waals surface area contributed by atoms with Crippen LogP contribution in [-0.2, 0) is 13.1 Å². The SMILES string of the molecule is CCOc1cc(CN2CCOc3ccccc32)ccc1OCCn1c([N+](=O)[O-])cnc1C. The minimum absolute atomic E-state index is 0.0442. The van der Waals surface area contributed by atoms with Crippen LogP contribution in [0.1, 0.15) is 18.3 Å². The van der Waals surface area contributed by atoms with Crippen LogP contribution in [0.3, 0.4) is 0 Å². The van der Waals surface area contributed by atoms with E-state index >= 15 is 0 Å². The fourth-order valence-electron chi connectivity index (χ4n) is 3.77. The van der Waals surface area contributed by atoms with Crippen LogP contribution < -0.4 is 19.1 Å². The Morgan fingerprint density at radius 2 is 2.03 bits per heavy atom. The van der Waals surface area contributed by atoms with Crippen LogP contribution >= 0.6 is 0 Å². The summed E-state index contributed by atoms with van der Waals surface area (Å²) in [5.41, 5.74) is 2.17. The van der Waals surface area contributed by atoms with Gasteiger partial charge in [-0.15, -0.1) is 0 Å². The zero-order valence-corrected chi connectivity index (χ0v) is 18.2. The molecule has 9 nitrogen and oxygen atoms in total. The lowest BCUT2D eigenvalue weighted by molar-refractivity contribution is -0.392. The highest BCUT2D eigenvalue weighted by Gasteiger charge is 2.19. The van der Waals surface area contributed by atoms with Gasteiger partial charge in [-0.2, -0.15) is 0 Å². The summed E-state index contributed by atoms with van der Waals surface area (Å²) in [6, 6.07) is 13.9. The second kappa shape index (κ2) is 9.59. The number of fused-ring (bicyclic) bond motifs is 1. The number of aryl methyl sites for hydroxylation is 1. The summed E-state index contributed by atoms with van der Waals surface area (Å²) < 4.78 is 19.0. The van der Waals surface area contributed by atoms with Crippen molar-refractivity contribution in [1.29, 1.82) is 0 Å². The molecule has 0 unspecified atom stereocenters. The summed E-state index contributed by atoms with van der Waals surface area (Å²) >= 11 is 0. The summed E-state index contributed by atoms with van der Waals surface area (Å²) in [6.45, 7) is 6.92. The number of imidazole rings is 1. The molecule has 0 amide bonds. The summed E-state index contributed by atoms with van der Waals surface area (Å²) in [5, 5.41) is 11.2. The number of nitrogens with zero attached hydrogens (tertiary/aromatic N) is 4. The molecule has 0 saturated heterocycles. The smallest absolute Gasteiger partial charge is 0.342 e. The summed E-state index contributed by atoms with van der Waals surface area (Å²) in [7, 11) is 0. The van der Waals surface area contributed by atoms with E-state index in [0.717, 1.165) is 30.1 Å². The second-order valence-corrected chi connectivity index (χ2v) is 7.37. The van der Waals surface area contributed by atoms with E-state index in [0.29, 0.717) is 37.1 Å². The summed E-state index contributed by atoms with van der Waals surface area (Å²) in [5.74, 6) is 2.69. The number of hydrogen-bond donors (Lipinski definition) is 0. The van der Waals surface area contributed by atoms with Gasteiger partial charge in [0.2, 0.25) is 0 Å². The van der Waals surface area contributed by atoms with E-state index in [4.69, 9.17) is 14.2 Å². The van der Waals surface area contributed by atoms with Crippen LogP contribution in [0.25, 0.3) is 0 Å². The molecular formula is C23H26N4O5. The number of anilines is 1. The molecule has 0 atom stereocenters. The van der Waals surface area contributed by atoms with E-state index in [1.807, 2.05) is 43.3 Å². The Morgan fingerprint density at radius 1 is 1.19 bits per heavy atom. The van der Waals surface area contributed by atoms with Crippen molar-refractivity contribution >= 4 is 11.5 Å². The molecule has 168 valence electrons. The third-order valence-electron chi connectivity index (χ3n) is 5.30. The highest BCUT2D eigenvalue weighted by atomic mass is 16.6. The Bertz CT molecular complexity index is 1100. The van der Waals surface area contributed by atoms with Crippen LogP contribution in [0.4, 0.5) is 11.5 Å². The van der Waals surface area contributed by atoms with E-state index in [1.165, 1.54) is 10.8 Å². The molecule has 9 heteroatoms. The van der Waals surface area contributed by atoms with Crippen LogP contribution in [0.5, 0.6) is 17.2 Å². The van der Waals surface area contributed by atoms with Crippen molar-refractivity contribution in [2.75, 3.05) is 31.3 Å². The average molecular weight is 438 g/mol. The Hall–Kier alpha value is -3.75. The number of para-hydroxylation sites is 2. The third-order valence-corrected chi connectivity index (χ3v) is 5.30. The van der Waals surface area contributed by atoms with Crippen molar-refractivity contribution in [1.82, 2.24) is 9.55 Å². The zero-order valence-electron chi connectivity index (χ0n) is 18.2. The first kappa shape index (κ1) is 21.5. The van der Waals surface area contributed by atoms with E-state index in [1.54, 1.807) is 6.92 Å². The zero-order chi connectivity index (χ0) is 22.5. The largest absolute Gasteiger partial charge is 0.490 e. The third kappa shape index (κ3) is 4.61. The summed E-state index contributed by atoms with van der Waals surface area (Å²) in [4.78, 5) is 17.0. The molecule has 3 aromatic rings. The van der Waals surface area contributed by atoms with Crippen LogP contribution in [0.15, 0.2) is 48.7 Å². The molecule has 2 aromatic carbocycles. The number of nitro groups is 1. The lowest BCUT2D eigenvalue weighted by Crippen LogP contribution is -2.32. The van der Waals surface area contributed by atoms with Gasteiger partial charge in [0, 0.05) is 13.5 Å². The van der Waals surface area contributed by atoms with Crippen molar-refractivity contribution < 1.29 is 19.1 Å². The second-order valence-electron chi connectivity index (χ2n) is 7.37. The van der Waals surface area contributed by atoms with Gasteiger partial charge < -0.3 is 29.2 Å². The van der Waals surface area contributed by atoms with Gasteiger partial charge >= 0.3 is 5.82 Å². The standard InChI is InChI=1S/C23H26N4O5/c1-3-30-22-14-18(16-25-10-12-31-20-7-5-4-6-19(20)25)8-9-21(22)32-13-11-26-17(2)24-15-23(26)27(28)29/h4-9,14-15H,3,10-13,16H2,1-2H3. The fourth-order valence-corrected chi connectivity index (χ4v) is 3.77. The average Bonchev–Trinajstić information content (AvgIpc) is 3.16. The maximum absolute atomic E-state index is 11.2. The van der Waals surface area contributed by atoms with Crippen LogP contribution in [0.2, 0.25) is 0 Å². The number of rotatable bonds is 9. The van der Waals surface area contributed by atoms with Gasteiger partial charge in [0.25, 0.3) is 0 Å². The van der Waals surface area contributed by atoms with Gasteiger partial charge in [0.1, 0.15) is 31.7 Å². The van der Waals surface area contributed by atoms with Crippen LogP contribution in [-0.4, -0.2) is 40.8 Å². The molecule has 1 aliphatic rings. The van der Waals surface area contributed by atoms with Gasteiger partial charge in [-0.3, -0.25) is 0 Å². The lowest BCUT2D eigenvalue weighted by Gasteiger charge is -2.31. The maximum atomic E-state index is 11.2. The molecular weight excluding hydrogens is 412 g/mol. The van der Waals surface area contributed by atoms with E-state index in [9.17, 15) is 10.1 Å². The predicted octanol–water partition coefficient (Wildman–Crippen LogP) is 3.98. The highest BCUT2D eigenvalue weighted by molar-refractivity contribution is 5.60. The monoisotopic (exact) mass is 438 g/mol. The van der Waals surface area contributed by atoms with Crippen molar-refractivity contribution in [3.05, 3.63) is 70.2 Å². The molecule has 0 bridgehead atoms. The first-order valence-corrected chi connectivity index (χ1v) is 10.6. The molecule has 0 spiro atoms. The van der Waals surface area contributed by atoms with Crippen molar-refractivity contribution in [2.45, 2.75) is 26.9 Å². The van der Waals surface area contributed by atoms with Gasteiger partial charge in [-0.25, -0.2) is 9.55 Å². The van der Waals surface area contributed by atoms with Gasteiger partial charge in [-0.05, 0) is 41.7 Å². The Labute approximate surface area is 186 Å². The first-order chi connectivity index (χ1) is 15.6. The van der Waals surface area contributed by atoms with Gasteiger partial charge in [-0.1, -0.05) is 18.2 Å². The molecule has 2 heterocycles. The van der Waals surface area contributed by atoms with Gasteiger partial charge in [0.05, 0.1) is 18.8 Å². The molecule has 0 aliphatic carbocycles. The van der Waals surface area contributed by atoms with Crippen molar-refractivity contribution in [3.63, 3.8) is 0 Å². The fraction of sp³-hybridized carbons (Fsp3) is 0.348. The van der Waals surface area contributed by atoms with Crippen LogP contribution in [0, 0.1) is 17.0 Å². The maximum Gasteiger partial charge on any atom is 0.342 e. The Kier molecular flexibility index (Phi) is 6.44. The number of ether oxygens (including phenoxy) is 3. The minimum atomic E-state index is -0.440. The number of hydrogen-bond acceptors (Lipinski definition) is 7. The molecule has 0 saturated carbocycles. The first-order valence-electron chi connectivity index (χ1n) is 10.6. The lowest BCUT2D eigenvalue weighted by atomic mass is 10.1. The molecule has 0 N–H and O–H groups in total. The number of benzene rings is 2. The van der Waals surface area contributed by atoms with Gasteiger partial charge in [0.15, 0.2) is 17.3 Å². The van der Waals surface area contributed by atoms with E-state index in [2.05, 4.69) is 16.0 Å². The molecule has 0 fully saturated rings. The molecule has 4 rings (SSSR count). The minimum Gasteiger partial charge on any atom is -0.490 e. The molecule has 1 aromatic heterocycles. The Balaban J connectivity index is 1.46. The number of aromatic nitrogens is 2. The topological polar surface area (TPSA) is 91.9 Å². The van der Waals surface area contributed by atoms with E-state index < -0.39 is 4.92 Å².